The fraction of sp³-hybridized carbons (Fsp3) is 0.500. The number of amides is 1. The number of aromatic nitrogens is 2. The third-order valence-electron chi connectivity index (χ3n) is 1.96. The highest BCUT2D eigenvalue weighted by Crippen LogP contribution is 2.11. The van der Waals surface area contributed by atoms with E-state index in [1.54, 1.807) is 13.2 Å². The van der Waals surface area contributed by atoms with Gasteiger partial charge in [-0.05, 0) is 6.42 Å². The van der Waals surface area contributed by atoms with Crippen molar-refractivity contribution in [1.82, 2.24) is 9.78 Å². The highest BCUT2D eigenvalue weighted by Gasteiger charge is 2.09. The average molecular weight is 206 g/mol. The molecule has 1 rings (SSSR count). The number of unbranched alkanes of at least 4 members (excludes halogenated alkanes) is 1. The predicted molar refractivity (Wildman–Crippen MR) is 56.1 cm³/mol. The van der Waals surface area contributed by atoms with Crippen molar-refractivity contribution < 1.29 is 4.79 Å². The summed E-state index contributed by atoms with van der Waals surface area (Å²) in [7, 11) is 1.71. The van der Waals surface area contributed by atoms with Crippen molar-refractivity contribution in [3.8, 4) is 6.07 Å². The molecule has 0 radical (unpaired) electrons. The Hall–Kier alpha value is -1.83. The Bertz CT molecular complexity index is 389. The minimum absolute atomic E-state index is 0.0907. The quantitative estimate of drug-likeness (QED) is 0.809. The van der Waals surface area contributed by atoms with Crippen molar-refractivity contribution in [3.63, 3.8) is 0 Å². The Labute approximate surface area is 88.7 Å². The molecule has 1 aromatic rings. The summed E-state index contributed by atoms with van der Waals surface area (Å²) in [5.41, 5.74) is 0.391. The van der Waals surface area contributed by atoms with Gasteiger partial charge in [0.1, 0.15) is 11.6 Å². The van der Waals surface area contributed by atoms with Gasteiger partial charge in [0.15, 0.2) is 5.82 Å². The summed E-state index contributed by atoms with van der Waals surface area (Å²) in [5.74, 6) is 0.258. The molecule has 1 amide bonds. The van der Waals surface area contributed by atoms with Crippen LogP contribution in [0, 0.1) is 11.3 Å². The summed E-state index contributed by atoms with van der Waals surface area (Å²) in [6, 6.07) is 1.98. The first-order chi connectivity index (χ1) is 7.17. The number of hydrogen-bond donors (Lipinski definition) is 1. The summed E-state index contributed by atoms with van der Waals surface area (Å²) in [6.07, 6.45) is 3.87. The molecule has 0 fully saturated rings. The molecule has 0 saturated carbocycles. The van der Waals surface area contributed by atoms with Crippen LogP contribution < -0.4 is 5.32 Å². The molecule has 0 aliphatic carbocycles. The van der Waals surface area contributed by atoms with Crippen molar-refractivity contribution in [1.29, 1.82) is 5.26 Å². The van der Waals surface area contributed by atoms with Crippen LogP contribution in [-0.2, 0) is 11.8 Å². The largest absolute Gasteiger partial charge is 0.308 e. The van der Waals surface area contributed by atoms with E-state index in [-0.39, 0.29) is 5.91 Å². The van der Waals surface area contributed by atoms with Crippen molar-refractivity contribution in [2.45, 2.75) is 26.2 Å². The first-order valence-electron chi connectivity index (χ1n) is 4.91. The van der Waals surface area contributed by atoms with Crippen LogP contribution in [0.3, 0.4) is 0 Å². The Morgan fingerprint density at radius 3 is 3.07 bits per heavy atom. The van der Waals surface area contributed by atoms with E-state index < -0.39 is 0 Å². The van der Waals surface area contributed by atoms with Gasteiger partial charge in [-0.15, -0.1) is 0 Å². The van der Waals surface area contributed by atoms with E-state index in [0.717, 1.165) is 12.8 Å². The van der Waals surface area contributed by atoms with Crippen LogP contribution in [0.5, 0.6) is 0 Å². The number of hydrogen-bond acceptors (Lipinski definition) is 3. The first-order valence-corrected chi connectivity index (χ1v) is 4.91. The third kappa shape index (κ3) is 3.09. The second-order valence-electron chi connectivity index (χ2n) is 3.33. The summed E-state index contributed by atoms with van der Waals surface area (Å²) >= 11 is 0. The monoisotopic (exact) mass is 206 g/mol. The lowest BCUT2D eigenvalue weighted by molar-refractivity contribution is -0.116. The molecule has 5 heteroatoms. The summed E-state index contributed by atoms with van der Waals surface area (Å²) < 4.78 is 1.51. The van der Waals surface area contributed by atoms with Gasteiger partial charge in [-0.1, -0.05) is 13.3 Å². The summed E-state index contributed by atoms with van der Waals surface area (Å²) in [6.45, 7) is 2.02. The van der Waals surface area contributed by atoms with Crippen molar-refractivity contribution >= 4 is 11.7 Å². The number of anilines is 1. The van der Waals surface area contributed by atoms with Crippen LogP contribution in [-0.4, -0.2) is 15.7 Å². The van der Waals surface area contributed by atoms with E-state index in [1.165, 1.54) is 4.68 Å². The number of carbonyl (C=O) groups excluding carboxylic acids is 1. The van der Waals surface area contributed by atoms with E-state index in [0.29, 0.717) is 17.8 Å². The molecule has 1 aromatic heterocycles. The standard InChI is InChI=1S/C10H14N4O/c1-3-4-5-9(15)12-10-8(6-11)7-14(2)13-10/h7H,3-5H2,1-2H3,(H,12,13,15). The van der Waals surface area contributed by atoms with Gasteiger partial charge in [0.05, 0.1) is 0 Å². The minimum Gasteiger partial charge on any atom is -0.308 e. The number of nitriles is 1. The molecular weight excluding hydrogens is 192 g/mol. The number of nitrogens with one attached hydrogen (secondary N) is 1. The van der Waals surface area contributed by atoms with Crippen LogP contribution in [0.15, 0.2) is 6.20 Å². The van der Waals surface area contributed by atoms with Crippen LogP contribution in [0.25, 0.3) is 0 Å². The Morgan fingerprint density at radius 2 is 2.47 bits per heavy atom. The van der Waals surface area contributed by atoms with E-state index in [9.17, 15) is 4.79 Å². The van der Waals surface area contributed by atoms with Gasteiger partial charge in [0.25, 0.3) is 0 Å². The molecule has 5 nitrogen and oxygen atoms in total. The third-order valence-corrected chi connectivity index (χ3v) is 1.96. The summed E-state index contributed by atoms with van der Waals surface area (Å²) in [4.78, 5) is 11.4. The lowest BCUT2D eigenvalue weighted by Crippen LogP contribution is -2.12. The number of nitrogens with zero attached hydrogens (tertiary/aromatic N) is 3. The Kier molecular flexibility index (Phi) is 3.86. The minimum atomic E-state index is -0.0907. The van der Waals surface area contributed by atoms with Gasteiger partial charge in [-0.25, -0.2) is 0 Å². The molecule has 0 saturated heterocycles. The maximum atomic E-state index is 11.4. The van der Waals surface area contributed by atoms with E-state index >= 15 is 0 Å². The van der Waals surface area contributed by atoms with E-state index in [2.05, 4.69) is 10.4 Å². The number of carbonyl (C=O) groups is 1. The van der Waals surface area contributed by atoms with Gasteiger partial charge in [0.2, 0.25) is 5.91 Å². The zero-order chi connectivity index (χ0) is 11.3. The van der Waals surface area contributed by atoms with Crippen molar-refractivity contribution in [2.75, 3.05) is 5.32 Å². The lowest BCUT2D eigenvalue weighted by Gasteiger charge is -2.00. The topological polar surface area (TPSA) is 70.7 Å². The highest BCUT2D eigenvalue weighted by molar-refractivity contribution is 5.90. The number of aryl methyl sites for hydroxylation is 1. The van der Waals surface area contributed by atoms with Gasteiger partial charge < -0.3 is 5.32 Å². The Balaban J connectivity index is 2.64. The molecule has 0 unspecified atom stereocenters. The molecule has 15 heavy (non-hydrogen) atoms. The molecule has 0 atom stereocenters. The van der Waals surface area contributed by atoms with Gasteiger partial charge in [-0.3, -0.25) is 9.48 Å². The van der Waals surface area contributed by atoms with Crippen LogP contribution in [0.1, 0.15) is 31.7 Å². The molecule has 0 aliphatic heterocycles. The maximum Gasteiger partial charge on any atom is 0.225 e. The smallest absolute Gasteiger partial charge is 0.225 e. The van der Waals surface area contributed by atoms with E-state index in [4.69, 9.17) is 5.26 Å². The average Bonchev–Trinajstić information content (AvgIpc) is 2.55. The number of rotatable bonds is 4. The molecular formula is C10H14N4O. The zero-order valence-corrected chi connectivity index (χ0v) is 8.95. The molecule has 0 aromatic carbocycles. The maximum absolute atomic E-state index is 11.4. The summed E-state index contributed by atoms with van der Waals surface area (Å²) in [5, 5.41) is 15.4. The van der Waals surface area contributed by atoms with Gasteiger partial charge in [0, 0.05) is 19.7 Å². The first kappa shape index (κ1) is 11.2. The highest BCUT2D eigenvalue weighted by atomic mass is 16.1. The van der Waals surface area contributed by atoms with Gasteiger partial charge in [-0.2, -0.15) is 10.4 Å². The fourth-order valence-electron chi connectivity index (χ4n) is 1.19. The van der Waals surface area contributed by atoms with E-state index in [1.807, 2.05) is 13.0 Å². The van der Waals surface area contributed by atoms with Crippen LogP contribution in [0.4, 0.5) is 5.82 Å². The lowest BCUT2D eigenvalue weighted by atomic mass is 10.2. The molecule has 1 N–H and O–H groups in total. The zero-order valence-electron chi connectivity index (χ0n) is 8.95. The molecule has 1 heterocycles. The molecule has 80 valence electrons. The second kappa shape index (κ2) is 5.15. The molecule has 0 aliphatic rings. The van der Waals surface area contributed by atoms with Crippen molar-refractivity contribution in [3.05, 3.63) is 11.8 Å². The second-order valence-corrected chi connectivity index (χ2v) is 3.33. The Morgan fingerprint density at radius 1 is 1.73 bits per heavy atom. The van der Waals surface area contributed by atoms with Crippen LogP contribution in [0.2, 0.25) is 0 Å². The van der Waals surface area contributed by atoms with Crippen LogP contribution >= 0.6 is 0 Å². The van der Waals surface area contributed by atoms with Crippen molar-refractivity contribution in [2.24, 2.45) is 7.05 Å². The SMILES string of the molecule is CCCCC(=O)Nc1nn(C)cc1C#N. The predicted octanol–water partition coefficient (Wildman–Crippen LogP) is 1.42. The molecule has 0 spiro atoms. The van der Waals surface area contributed by atoms with Gasteiger partial charge >= 0.3 is 0 Å². The molecule has 0 bridgehead atoms. The fourth-order valence-corrected chi connectivity index (χ4v) is 1.19. The normalized spacial score (nSPS) is 9.67.